The molecule has 0 aliphatic carbocycles. The Bertz CT molecular complexity index is 870. The summed E-state index contributed by atoms with van der Waals surface area (Å²) in [5, 5.41) is 10.9. The standard InChI is InChI=1S/C17H18N4O2/c1-10-7-13-15(17(19-10)23-3)16(21-20-13)12-6-4-5-11(8-12)9-14(22)18-2/h4-8H,9H2,1-3H3,(H,18,22)(H,20,21). The quantitative estimate of drug-likeness (QED) is 0.774. The molecule has 1 aromatic carbocycles. The summed E-state index contributed by atoms with van der Waals surface area (Å²) < 4.78 is 5.41. The Morgan fingerprint density at radius 3 is 2.91 bits per heavy atom. The number of amides is 1. The molecule has 0 atom stereocenters. The first kappa shape index (κ1) is 15.0. The Morgan fingerprint density at radius 1 is 1.35 bits per heavy atom. The third-order valence-corrected chi connectivity index (χ3v) is 3.68. The summed E-state index contributed by atoms with van der Waals surface area (Å²) in [7, 11) is 3.23. The highest BCUT2D eigenvalue weighted by molar-refractivity contribution is 5.97. The van der Waals surface area contributed by atoms with Gasteiger partial charge in [-0.2, -0.15) is 5.10 Å². The van der Waals surface area contributed by atoms with Gasteiger partial charge in [-0.15, -0.1) is 0 Å². The number of pyridine rings is 1. The SMILES string of the molecule is CNC(=O)Cc1cccc(-c2n[nH]c3cc(C)nc(OC)c23)c1. The number of methoxy groups -OCH3 is 1. The predicted octanol–water partition coefficient (Wildman–Crippen LogP) is 2.23. The summed E-state index contributed by atoms with van der Waals surface area (Å²) in [6, 6.07) is 9.70. The van der Waals surface area contributed by atoms with Crippen molar-refractivity contribution < 1.29 is 9.53 Å². The van der Waals surface area contributed by atoms with Gasteiger partial charge in [-0.05, 0) is 24.6 Å². The fraction of sp³-hybridized carbons (Fsp3) is 0.235. The minimum absolute atomic E-state index is 0.0242. The van der Waals surface area contributed by atoms with E-state index < -0.39 is 0 Å². The fourth-order valence-electron chi connectivity index (χ4n) is 2.59. The van der Waals surface area contributed by atoms with E-state index in [0.29, 0.717) is 12.3 Å². The number of carbonyl (C=O) groups excluding carboxylic acids is 1. The van der Waals surface area contributed by atoms with Crippen molar-refractivity contribution in [1.29, 1.82) is 0 Å². The number of fused-ring (bicyclic) bond motifs is 1. The lowest BCUT2D eigenvalue weighted by molar-refractivity contribution is -0.119. The number of likely N-dealkylation sites (N-methyl/N-ethyl adjacent to an activating group) is 1. The molecule has 6 heteroatoms. The molecule has 0 unspecified atom stereocenters. The highest BCUT2D eigenvalue weighted by Crippen LogP contribution is 2.33. The van der Waals surface area contributed by atoms with Gasteiger partial charge in [0, 0.05) is 18.3 Å². The lowest BCUT2D eigenvalue weighted by Crippen LogP contribution is -2.19. The molecule has 2 N–H and O–H groups in total. The van der Waals surface area contributed by atoms with Gasteiger partial charge in [-0.1, -0.05) is 18.2 Å². The highest BCUT2D eigenvalue weighted by atomic mass is 16.5. The normalized spacial score (nSPS) is 10.7. The number of aromatic nitrogens is 3. The topological polar surface area (TPSA) is 79.9 Å². The van der Waals surface area contributed by atoms with Crippen molar-refractivity contribution in [3.63, 3.8) is 0 Å². The number of carbonyl (C=O) groups is 1. The number of nitrogens with zero attached hydrogens (tertiary/aromatic N) is 2. The van der Waals surface area contributed by atoms with Gasteiger partial charge in [0.15, 0.2) is 0 Å². The summed E-state index contributed by atoms with van der Waals surface area (Å²) in [6.07, 6.45) is 0.335. The first-order valence-electron chi connectivity index (χ1n) is 7.32. The Balaban J connectivity index is 2.10. The number of ether oxygens (including phenoxy) is 1. The van der Waals surface area contributed by atoms with E-state index >= 15 is 0 Å². The molecular weight excluding hydrogens is 292 g/mol. The van der Waals surface area contributed by atoms with E-state index in [1.54, 1.807) is 14.2 Å². The fourth-order valence-corrected chi connectivity index (χ4v) is 2.59. The highest BCUT2D eigenvalue weighted by Gasteiger charge is 2.15. The van der Waals surface area contributed by atoms with Crippen LogP contribution >= 0.6 is 0 Å². The smallest absolute Gasteiger partial charge is 0.225 e. The Hall–Kier alpha value is -2.89. The van der Waals surface area contributed by atoms with E-state index in [-0.39, 0.29) is 5.91 Å². The summed E-state index contributed by atoms with van der Waals surface area (Å²) >= 11 is 0. The molecule has 0 saturated heterocycles. The monoisotopic (exact) mass is 310 g/mol. The van der Waals surface area contributed by atoms with Crippen LogP contribution in [-0.4, -0.2) is 35.2 Å². The number of rotatable bonds is 4. The van der Waals surface area contributed by atoms with Gasteiger partial charge < -0.3 is 10.1 Å². The van der Waals surface area contributed by atoms with Crippen LogP contribution in [0.15, 0.2) is 30.3 Å². The average molecular weight is 310 g/mol. The lowest BCUT2D eigenvalue weighted by atomic mass is 10.0. The maximum atomic E-state index is 11.6. The number of hydrogen-bond acceptors (Lipinski definition) is 4. The number of benzene rings is 1. The summed E-state index contributed by atoms with van der Waals surface area (Å²) in [4.78, 5) is 16.0. The van der Waals surface area contributed by atoms with Crippen molar-refractivity contribution in [3.05, 3.63) is 41.6 Å². The van der Waals surface area contributed by atoms with Gasteiger partial charge in [0.2, 0.25) is 11.8 Å². The van der Waals surface area contributed by atoms with Crippen LogP contribution in [0.25, 0.3) is 22.2 Å². The zero-order valence-electron chi connectivity index (χ0n) is 13.3. The number of aryl methyl sites for hydroxylation is 1. The maximum absolute atomic E-state index is 11.6. The minimum Gasteiger partial charge on any atom is -0.480 e. The van der Waals surface area contributed by atoms with Crippen LogP contribution in [0.1, 0.15) is 11.3 Å². The summed E-state index contributed by atoms with van der Waals surface area (Å²) in [5.41, 5.74) is 4.35. The summed E-state index contributed by atoms with van der Waals surface area (Å²) in [5.74, 6) is 0.518. The van der Waals surface area contributed by atoms with Crippen molar-refractivity contribution in [2.45, 2.75) is 13.3 Å². The molecule has 0 spiro atoms. The van der Waals surface area contributed by atoms with E-state index in [1.807, 2.05) is 37.3 Å². The second-order valence-corrected chi connectivity index (χ2v) is 5.32. The molecule has 118 valence electrons. The zero-order valence-corrected chi connectivity index (χ0v) is 13.3. The van der Waals surface area contributed by atoms with Crippen LogP contribution in [0.5, 0.6) is 5.88 Å². The van der Waals surface area contributed by atoms with Crippen LogP contribution in [0.2, 0.25) is 0 Å². The summed E-state index contributed by atoms with van der Waals surface area (Å²) in [6.45, 7) is 1.91. The van der Waals surface area contributed by atoms with Crippen LogP contribution in [-0.2, 0) is 11.2 Å². The first-order valence-corrected chi connectivity index (χ1v) is 7.32. The largest absolute Gasteiger partial charge is 0.480 e. The molecule has 3 aromatic rings. The molecule has 1 amide bonds. The van der Waals surface area contributed by atoms with Crippen molar-refractivity contribution in [1.82, 2.24) is 20.5 Å². The number of aromatic amines is 1. The van der Waals surface area contributed by atoms with Crippen LogP contribution in [0.4, 0.5) is 0 Å². The Kier molecular flexibility index (Phi) is 3.97. The molecule has 2 aromatic heterocycles. The third kappa shape index (κ3) is 2.88. The first-order chi connectivity index (χ1) is 11.1. The second-order valence-electron chi connectivity index (χ2n) is 5.32. The minimum atomic E-state index is -0.0242. The zero-order chi connectivity index (χ0) is 16.4. The molecule has 3 rings (SSSR count). The van der Waals surface area contributed by atoms with Gasteiger partial charge in [0.05, 0.1) is 24.4 Å². The number of hydrogen-bond donors (Lipinski definition) is 2. The molecule has 0 bridgehead atoms. The van der Waals surface area contributed by atoms with E-state index in [1.165, 1.54) is 0 Å². The van der Waals surface area contributed by atoms with Gasteiger partial charge in [-0.25, -0.2) is 4.98 Å². The second kappa shape index (κ2) is 6.08. The lowest BCUT2D eigenvalue weighted by Gasteiger charge is -2.06. The van der Waals surface area contributed by atoms with Gasteiger partial charge >= 0.3 is 0 Å². The predicted molar refractivity (Wildman–Crippen MR) is 88.4 cm³/mol. The molecule has 0 saturated carbocycles. The third-order valence-electron chi connectivity index (χ3n) is 3.68. The molecule has 23 heavy (non-hydrogen) atoms. The van der Waals surface area contributed by atoms with Gasteiger partial charge in [-0.3, -0.25) is 9.89 Å². The van der Waals surface area contributed by atoms with Gasteiger partial charge in [0.25, 0.3) is 0 Å². The van der Waals surface area contributed by atoms with E-state index in [9.17, 15) is 4.79 Å². The van der Waals surface area contributed by atoms with Crippen molar-refractivity contribution in [2.24, 2.45) is 0 Å². The molecule has 6 nitrogen and oxygen atoms in total. The van der Waals surface area contributed by atoms with Crippen LogP contribution in [0.3, 0.4) is 0 Å². The molecule has 0 radical (unpaired) electrons. The van der Waals surface area contributed by atoms with Crippen LogP contribution in [0, 0.1) is 6.92 Å². The molecule has 2 heterocycles. The Labute approximate surface area is 133 Å². The van der Waals surface area contributed by atoms with E-state index in [2.05, 4.69) is 20.5 Å². The van der Waals surface area contributed by atoms with Crippen LogP contribution < -0.4 is 10.1 Å². The van der Waals surface area contributed by atoms with Crippen molar-refractivity contribution in [2.75, 3.05) is 14.2 Å². The van der Waals surface area contributed by atoms with Gasteiger partial charge in [0.1, 0.15) is 5.69 Å². The molecule has 0 aliphatic rings. The van der Waals surface area contributed by atoms with Crippen molar-refractivity contribution >= 4 is 16.8 Å². The molecule has 0 aliphatic heterocycles. The molecular formula is C17H18N4O2. The van der Waals surface area contributed by atoms with E-state index in [4.69, 9.17) is 4.74 Å². The number of H-pyrrole nitrogens is 1. The van der Waals surface area contributed by atoms with E-state index in [0.717, 1.165) is 33.4 Å². The van der Waals surface area contributed by atoms with Crippen molar-refractivity contribution in [3.8, 4) is 17.1 Å². The maximum Gasteiger partial charge on any atom is 0.225 e. The number of nitrogens with one attached hydrogen (secondary N) is 2. The Morgan fingerprint density at radius 2 is 2.17 bits per heavy atom. The average Bonchev–Trinajstić information content (AvgIpc) is 2.97. The molecule has 0 fully saturated rings.